The summed E-state index contributed by atoms with van der Waals surface area (Å²) in [6.07, 6.45) is 11.2. The molecular formula is C15H20N2OS. The lowest BCUT2D eigenvalue weighted by Gasteiger charge is -2.23. The molecule has 0 radical (unpaired) electrons. The quantitative estimate of drug-likeness (QED) is 0.931. The van der Waals surface area contributed by atoms with Crippen molar-refractivity contribution >= 4 is 16.3 Å². The first kappa shape index (κ1) is 11.9. The first-order valence-electron chi connectivity index (χ1n) is 7.37. The Morgan fingerprint density at radius 1 is 1.42 bits per heavy atom. The zero-order valence-electron chi connectivity index (χ0n) is 11.0. The number of imidazole rings is 1. The fourth-order valence-corrected chi connectivity index (χ4v) is 4.93. The van der Waals surface area contributed by atoms with Crippen LogP contribution >= 0.6 is 11.3 Å². The Morgan fingerprint density at radius 2 is 2.37 bits per heavy atom. The number of thiazole rings is 1. The van der Waals surface area contributed by atoms with Gasteiger partial charge in [-0.1, -0.05) is 6.42 Å². The molecule has 2 aromatic rings. The Balaban J connectivity index is 1.38. The van der Waals surface area contributed by atoms with Gasteiger partial charge >= 0.3 is 0 Å². The maximum Gasteiger partial charge on any atom is 0.193 e. The van der Waals surface area contributed by atoms with Crippen molar-refractivity contribution in [3.63, 3.8) is 0 Å². The zero-order chi connectivity index (χ0) is 12.8. The second-order valence-electron chi connectivity index (χ2n) is 6.35. The highest BCUT2D eigenvalue weighted by atomic mass is 32.1. The predicted octanol–water partition coefficient (Wildman–Crippen LogP) is 3.13. The minimum absolute atomic E-state index is 0.214. The largest absolute Gasteiger partial charge is 0.393 e. The zero-order valence-corrected chi connectivity index (χ0v) is 11.9. The van der Waals surface area contributed by atoms with Crippen LogP contribution in [-0.2, 0) is 6.42 Å². The van der Waals surface area contributed by atoms with Crippen molar-refractivity contribution < 1.29 is 5.11 Å². The third-order valence-corrected chi connectivity index (χ3v) is 5.82. The highest BCUT2D eigenvalue weighted by Gasteiger charge is 2.39. The van der Waals surface area contributed by atoms with E-state index < -0.39 is 0 Å². The minimum Gasteiger partial charge on any atom is -0.393 e. The molecule has 2 bridgehead atoms. The molecule has 4 unspecified atom stereocenters. The summed E-state index contributed by atoms with van der Waals surface area (Å²) in [5.74, 6) is 2.66. The Bertz CT molecular complexity index is 547. The molecule has 0 amide bonds. The van der Waals surface area contributed by atoms with Gasteiger partial charge < -0.3 is 5.11 Å². The minimum atomic E-state index is -0.214. The summed E-state index contributed by atoms with van der Waals surface area (Å²) >= 11 is 1.65. The lowest BCUT2D eigenvalue weighted by molar-refractivity contribution is 0.124. The summed E-state index contributed by atoms with van der Waals surface area (Å²) in [6.45, 7) is 0. The number of nitrogens with zero attached hydrogens (tertiary/aromatic N) is 2. The van der Waals surface area contributed by atoms with Crippen LogP contribution < -0.4 is 0 Å². The van der Waals surface area contributed by atoms with Gasteiger partial charge in [0.05, 0.1) is 11.8 Å². The van der Waals surface area contributed by atoms with Crippen molar-refractivity contribution in [3.05, 3.63) is 23.5 Å². The molecule has 0 aromatic carbocycles. The third-order valence-electron chi connectivity index (χ3n) is 5.05. The summed E-state index contributed by atoms with van der Waals surface area (Å²) in [5.41, 5.74) is 1.03. The normalized spacial score (nSPS) is 31.3. The van der Waals surface area contributed by atoms with Gasteiger partial charge in [-0.25, -0.2) is 4.98 Å². The number of aliphatic hydroxyl groups excluding tert-OH is 1. The van der Waals surface area contributed by atoms with Gasteiger partial charge in [0.25, 0.3) is 0 Å². The van der Waals surface area contributed by atoms with Gasteiger partial charge in [-0.2, -0.15) is 0 Å². The molecule has 4 atom stereocenters. The van der Waals surface area contributed by atoms with E-state index in [0.29, 0.717) is 6.42 Å². The van der Waals surface area contributed by atoms with E-state index in [4.69, 9.17) is 0 Å². The molecule has 2 aliphatic carbocycles. The maximum absolute atomic E-state index is 10.3. The van der Waals surface area contributed by atoms with Gasteiger partial charge in [0.2, 0.25) is 0 Å². The van der Waals surface area contributed by atoms with Gasteiger partial charge in [-0.15, -0.1) is 11.3 Å². The average molecular weight is 276 g/mol. The van der Waals surface area contributed by atoms with Gasteiger partial charge in [0, 0.05) is 24.2 Å². The molecule has 2 fully saturated rings. The molecule has 2 aromatic heterocycles. The fourth-order valence-electron chi connectivity index (χ4n) is 4.21. The summed E-state index contributed by atoms with van der Waals surface area (Å²) in [6, 6.07) is 0. The summed E-state index contributed by atoms with van der Waals surface area (Å²) in [5, 5.41) is 12.3. The van der Waals surface area contributed by atoms with Crippen LogP contribution in [0.5, 0.6) is 0 Å². The van der Waals surface area contributed by atoms with Crippen LogP contribution in [0.2, 0.25) is 0 Å². The van der Waals surface area contributed by atoms with Crippen molar-refractivity contribution in [2.45, 2.75) is 44.6 Å². The summed E-state index contributed by atoms with van der Waals surface area (Å²) < 4.78 is 2.05. The number of fused-ring (bicyclic) bond motifs is 3. The van der Waals surface area contributed by atoms with Crippen molar-refractivity contribution in [1.29, 1.82) is 0 Å². The highest BCUT2D eigenvalue weighted by molar-refractivity contribution is 7.15. The molecule has 3 nitrogen and oxygen atoms in total. The van der Waals surface area contributed by atoms with E-state index in [-0.39, 0.29) is 6.10 Å². The Morgan fingerprint density at radius 3 is 3.11 bits per heavy atom. The lowest BCUT2D eigenvalue weighted by Crippen LogP contribution is -2.20. The first-order chi connectivity index (χ1) is 9.28. The molecule has 102 valence electrons. The number of rotatable bonds is 4. The van der Waals surface area contributed by atoms with Crippen LogP contribution in [0, 0.1) is 17.8 Å². The molecule has 4 heteroatoms. The molecular weight excluding hydrogens is 256 g/mol. The summed E-state index contributed by atoms with van der Waals surface area (Å²) in [7, 11) is 0. The molecule has 2 heterocycles. The topological polar surface area (TPSA) is 37.5 Å². The molecule has 0 aliphatic heterocycles. The lowest BCUT2D eigenvalue weighted by atomic mass is 9.84. The molecule has 0 spiro atoms. The fraction of sp³-hybridized carbons (Fsp3) is 0.667. The summed E-state index contributed by atoms with van der Waals surface area (Å²) in [4.78, 5) is 5.59. The number of aliphatic hydroxyl groups is 1. The second kappa shape index (κ2) is 4.60. The Labute approximate surface area is 117 Å². The van der Waals surface area contributed by atoms with Crippen molar-refractivity contribution in [1.82, 2.24) is 9.38 Å². The van der Waals surface area contributed by atoms with Gasteiger partial charge in [-0.05, 0) is 43.4 Å². The van der Waals surface area contributed by atoms with Gasteiger partial charge in [0.1, 0.15) is 0 Å². The molecule has 1 N–H and O–H groups in total. The van der Waals surface area contributed by atoms with Gasteiger partial charge in [-0.3, -0.25) is 4.40 Å². The van der Waals surface area contributed by atoms with Crippen molar-refractivity contribution in [2.24, 2.45) is 17.8 Å². The maximum atomic E-state index is 10.3. The molecule has 0 saturated heterocycles. The standard InChI is InChI=1S/C15H20N2OS/c18-14(7-12-6-10-1-2-11(12)5-10)8-13-9-17-3-4-19-15(17)16-13/h3-4,9-12,14,18H,1-2,5-8H2. The monoisotopic (exact) mass is 276 g/mol. The van der Waals surface area contributed by atoms with Crippen molar-refractivity contribution in [3.8, 4) is 0 Å². The van der Waals surface area contributed by atoms with Crippen LogP contribution in [0.1, 0.15) is 37.8 Å². The molecule has 2 aliphatic rings. The first-order valence-corrected chi connectivity index (χ1v) is 8.25. The van der Waals surface area contributed by atoms with Gasteiger partial charge in [0.15, 0.2) is 4.96 Å². The van der Waals surface area contributed by atoms with E-state index in [9.17, 15) is 5.11 Å². The van der Waals surface area contributed by atoms with E-state index in [1.54, 1.807) is 11.3 Å². The highest BCUT2D eigenvalue weighted by Crippen LogP contribution is 2.49. The molecule has 19 heavy (non-hydrogen) atoms. The molecule has 4 rings (SSSR count). The predicted molar refractivity (Wildman–Crippen MR) is 76.3 cm³/mol. The van der Waals surface area contributed by atoms with Crippen LogP contribution in [0.15, 0.2) is 17.8 Å². The smallest absolute Gasteiger partial charge is 0.193 e. The van der Waals surface area contributed by atoms with Crippen LogP contribution in [0.4, 0.5) is 0 Å². The van der Waals surface area contributed by atoms with E-state index in [0.717, 1.165) is 34.8 Å². The number of hydrogen-bond donors (Lipinski definition) is 1. The van der Waals surface area contributed by atoms with Crippen LogP contribution in [-0.4, -0.2) is 20.6 Å². The van der Waals surface area contributed by atoms with E-state index in [1.165, 1.54) is 25.7 Å². The van der Waals surface area contributed by atoms with E-state index in [1.807, 2.05) is 16.0 Å². The second-order valence-corrected chi connectivity index (χ2v) is 7.23. The number of hydrogen-bond acceptors (Lipinski definition) is 3. The van der Waals surface area contributed by atoms with E-state index in [2.05, 4.69) is 11.2 Å². The SMILES string of the molecule is OC(Cc1cn2ccsc2n1)CC1CC2CCC1C2. The average Bonchev–Trinajstić information content (AvgIpc) is 3.06. The molecule has 2 saturated carbocycles. The van der Waals surface area contributed by atoms with Crippen LogP contribution in [0.3, 0.4) is 0 Å². The Hall–Kier alpha value is -0.870. The number of aromatic nitrogens is 2. The van der Waals surface area contributed by atoms with E-state index >= 15 is 0 Å². The third kappa shape index (κ3) is 2.21. The Kier molecular flexibility index (Phi) is 2.88. The van der Waals surface area contributed by atoms with Crippen molar-refractivity contribution in [2.75, 3.05) is 0 Å². The van der Waals surface area contributed by atoms with Crippen LogP contribution in [0.25, 0.3) is 4.96 Å².